The molecule has 1 aliphatic carbocycles. The maximum atomic E-state index is 12.3. The lowest BCUT2D eigenvalue weighted by Gasteiger charge is -2.15. The summed E-state index contributed by atoms with van der Waals surface area (Å²) in [7, 11) is 0. The van der Waals surface area contributed by atoms with Gasteiger partial charge in [0.15, 0.2) is 0 Å². The van der Waals surface area contributed by atoms with E-state index in [1.54, 1.807) is 0 Å². The van der Waals surface area contributed by atoms with E-state index in [2.05, 4.69) is 16.0 Å². The van der Waals surface area contributed by atoms with Gasteiger partial charge in [-0.3, -0.25) is 19.2 Å². The number of nitrogens with two attached hydrogens (primary N) is 1. The van der Waals surface area contributed by atoms with Gasteiger partial charge in [0.05, 0.1) is 13.1 Å². The molecule has 3 rings (SSSR count). The molecule has 2 aromatic carbocycles. The van der Waals surface area contributed by atoms with E-state index in [-0.39, 0.29) is 63.5 Å². The van der Waals surface area contributed by atoms with Crippen LogP contribution in [-0.2, 0) is 35.3 Å². The molecule has 12 nitrogen and oxygen atoms in total. The lowest BCUT2D eigenvalue weighted by atomic mass is 9.97. The third-order valence-corrected chi connectivity index (χ3v) is 6.28. The molecule has 214 valence electrons. The molecule has 0 saturated carbocycles. The normalized spacial score (nSPS) is 13.0. The van der Waals surface area contributed by atoms with E-state index < -0.39 is 18.0 Å². The van der Waals surface area contributed by atoms with E-state index in [9.17, 15) is 24.0 Å². The number of carboxylic acids is 1. The SMILES string of the molecule is NCC(=O)NCCCC(=O)OCc1cccc2c1-c1ccccc1C2COC(=O)NCC(=O)NCCCC(=O)O. The lowest BCUT2D eigenvalue weighted by molar-refractivity contribution is -0.145. The maximum absolute atomic E-state index is 12.3. The van der Waals surface area contributed by atoms with Crippen molar-refractivity contribution in [2.24, 2.45) is 5.73 Å². The molecule has 0 saturated heterocycles. The van der Waals surface area contributed by atoms with Crippen molar-refractivity contribution in [1.82, 2.24) is 16.0 Å². The van der Waals surface area contributed by atoms with Gasteiger partial charge in [-0.25, -0.2) is 4.79 Å². The predicted molar refractivity (Wildman–Crippen MR) is 144 cm³/mol. The largest absolute Gasteiger partial charge is 0.481 e. The van der Waals surface area contributed by atoms with Gasteiger partial charge < -0.3 is 36.3 Å². The number of aliphatic carboxylic acids is 1. The van der Waals surface area contributed by atoms with Crippen LogP contribution in [0.3, 0.4) is 0 Å². The minimum atomic E-state index is -0.943. The molecule has 3 amide bonds. The fourth-order valence-electron chi connectivity index (χ4n) is 4.39. The van der Waals surface area contributed by atoms with Gasteiger partial charge in [0.2, 0.25) is 11.8 Å². The predicted octanol–water partition coefficient (Wildman–Crippen LogP) is 1.40. The first-order valence-corrected chi connectivity index (χ1v) is 13.0. The number of carbonyl (C=O) groups excluding carboxylic acids is 4. The van der Waals surface area contributed by atoms with Crippen LogP contribution in [0.5, 0.6) is 0 Å². The molecule has 2 aromatic rings. The van der Waals surface area contributed by atoms with E-state index in [4.69, 9.17) is 20.3 Å². The van der Waals surface area contributed by atoms with Gasteiger partial charge in [-0.1, -0.05) is 42.5 Å². The Balaban J connectivity index is 1.55. The molecule has 0 aromatic heterocycles. The first-order valence-electron chi connectivity index (χ1n) is 13.0. The first kappa shape index (κ1) is 30.1. The average Bonchev–Trinajstić information content (AvgIpc) is 3.28. The molecule has 1 atom stereocenters. The number of alkyl carbamates (subject to hydrolysis) is 1. The van der Waals surface area contributed by atoms with Crippen LogP contribution in [0, 0.1) is 0 Å². The summed E-state index contributed by atoms with van der Waals surface area (Å²) in [5, 5.41) is 16.2. The number of fused-ring (bicyclic) bond motifs is 3. The fourth-order valence-corrected chi connectivity index (χ4v) is 4.39. The fraction of sp³-hybridized carbons (Fsp3) is 0.393. The Hall–Kier alpha value is -4.45. The van der Waals surface area contributed by atoms with Crippen molar-refractivity contribution < 1.29 is 38.6 Å². The van der Waals surface area contributed by atoms with Crippen LogP contribution in [0.4, 0.5) is 4.79 Å². The Labute approximate surface area is 231 Å². The van der Waals surface area contributed by atoms with Crippen LogP contribution in [0.1, 0.15) is 48.3 Å². The average molecular weight is 555 g/mol. The first-order chi connectivity index (χ1) is 19.3. The minimum Gasteiger partial charge on any atom is -0.481 e. The molecular formula is C28H34N4O8. The molecule has 0 aliphatic heterocycles. The Morgan fingerprint density at radius 2 is 1.52 bits per heavy atom. The molecule has 0 spiro atoms. The highest BCUT2D eigenvalue weighted by Gasteiger charge is 2.31. The van der Waals surface area contributed by atoms with Crippen LogP contribution < -0.4 is 21.7 Å². The topological polar surface area (TPSA) is 186 Å². The zero-order valence-electron chi connectivity index (χ0n) is 22.1. The summed E-state index contributed by atoms with van der Waals surface area (Å²) in [5.74, 6) is -2.30. The van der Waals surface area contributed by atoms with Gasteiger partial charge in [0, 0.05) is 31.8 Å². The monoisotopic (exact) mass is 554 g/mol. The second-order valence-corrected chi connectivity index (χ2v) is 9.14. The van der Waals surface area contributed by atoms with E-state index in [0.717, 1.165) is 27.8 Å². The number of hydrogen-bond donors (Lipinski definition) is 5. The van der Waals surface area contributed by atoms with Gasteiger partial charge in [0.25, 0.3) is 0 Å². The number of hydrogen-bond acceptors (Lipinski definition) is 8. The summed E-state index contributed by atoms with van der Waals surface area (Å²) in [6.45, 7) is 0.248. The standard InChI is InChI=1S/C28H34N4O8/c29-14-23(33)30-13-5-11-26(37)39-16-18-6-3-9-21-22(19-7-1-2-8-20(19)27(18)21)17-40-28(38)32-15-24(34)31-12-4-10-25(35)36/h1-3,6-9,22H,4-5,10-17,29H2,(H,30,33)(H,31,34)(H,32,38)(H,35,36). The van der Waals surface area contributed by atoms with Crippen LogP contribution >= 0.6 is 0 Å². The number of ether oxygens (including phenoxy) is 2. The molecule has 12 heteroatoms. The second kappa shape index (κ2) is 15.2. The van der Waals surface area contributed by atoms with Gasteiger partial charge in [-0.15, -0.1) is 0 Å². The number of rotatable bonds is 15. The third-order valence-electron chi connectivity index (χ3n) is 6.28. The molecule has 0 fully saturated rings. The van der Waals surface area contributed by atoms with Crippen molar-refractivity contribution in [1.29, 1.82) is 0 Å². The highest BCUT2D eigenvalue weighted by molar-refractivity contribution is 5.83. The van der Waals surface area contributed by atoms with Crippen molar-refractivity contribution in [2.45, 2.75) is 38.2 Å². The summed E-state index contributed by atoms with van der Waals surface area (Å²) in [6.07, 6.45) is 0.0821. The van der Waals surface area contributed by atoms with Gasteiger partial charge in [-0.2, -0.15) is 0 Å². The van der Waals surface area contributed by atoms with E-state index in [1.807, 2.05) is 42.5 Å². The highest BCUT2D eigenvalue weighted by Crippen LogP contribution is 2.46. The van der Waals surface area contributed by atoms with Crippen molar-refractivity contribution in [3.8, 4) is 11.1 Å². The zero-order valence-corrected chi connectivity index (χ0v) is 22.1. The number of esters is 1. The summed E-state index contributed by atoms with van der Waals surface area (Å²) < 4.78 is 10.9. The summed E-state index contributed by atoms with van der Waals surface area (Å²) >= 11 is 0. The lowest BCUT2D eigenvalue weighted by Crippen LogP contribution is -2.38. The van der Waals surface area contributed by atoms with Crippen LogP contribution in [0.15, 0.2) is 42.5 Å². The Morgan fingerprint density at radius 3 is 2.27 bits per heavy atom. The number of amides is 3. The molecule has 1 aliphatic rings. The number of carbonyl (C=O) groups is 5. The highest BCUT2D eigenvalue weighted by atomic mass is 16.5. The van der Waals surface area contributed by atoms with Crippen molar-refractivity contribution in [3.63, 3.8) is 0 Å². The molecule has 40 heavy (non-hydrogen) atoms. The van der Waals surface area contributed by atoms with E-state index in [1.165, 1.54) is 0 Å². The molecule has 6 N–H and O–H groups in total. The third kappa shape index (κ3) is 8.80. The molecule has 0 radical (unpaired) electrons. The summed E-state index contributed by atoms with van der Waals surface area (Å²) in [6, 6.07) is 13.4. The van der Waals surface area contributed by atoms with Crippen molar-refractivity contribution >= 4 is 29.8 Å². The Bertz CT molecular complexity index is 1230. The Kier molecular flexibility index (Phi) is 11.5. The summed E-state index contributed by atoms with van der Waals surface area (Å²) in [4.78, 5) is 58.1. The summed E-state index contributed by atoms with van der Waals surface area (Å²) in [5.41, 5.74) is 9.85. The second-order valence-electron chi connectivity index (χ2n) is 9.14. The maximum Gasteiger partial charge on any atom is 0.407 e. The van der Waals surface area contributed by atoms with Gasteiger partial charge in [-0.05, 0) is 40.7 Å². The molecule has 1 unspecified atom stereocenters. The Morgan fingerprint density at radius 1 is 0.825 bits per heavy atom. The number of nitrogens with one attached hydrogen (secondary N) is 3. The molecule has 0 bridgehead atoms. The molecular weight excluding hydrogens is 520 g/mol. The number of carboxylic acid groups (broad SMARTS) is 1. The van der Waals surface area contributed by atoms with E-state index in [0.29, 0.717) is 19.4 Å². The quantitative estimate of drug-likeness (QED) is 0.160. The molecule has 0 heterocycles. The van der Waals surface area contributed by atoms with Gasteiger partial charge >= 0.3 is 18.0 Å². The minimum absolute atomic E-state index is 0.0356. The van der Waals surface area contributed by atoms with Crippen LogP contribution in [0.2, 0.25) is 0 Å². The van der Waals surface area contributed by atoms with Crippen molar-refractivity contribution in [3.05, 3.63) is 59.2 Å². The van der Waals surface area contributed by atoms with Gasteiger partial charge in [0.1, 0.15) is 13.2 Å². The van der Waals surface area contributed by atoms with E-state index >= 15 is 0 Å². The zero-order chi connectivity index (χ0) is 28.9. The van der Waals surface area contributed by atoms with Crippen LogP contribution in [-0.4, -0.2) is 67.7 Å². The van der Waals surface area contributed by atoms with Crippen molar-refractivity contribution in [2.75, 3.05) is 32.8 Å². The smallest absolute Gasteiger partial charge is 0.407 e. The number of benzene rings is 2. The van der Waals surface area contributed by atoms with Crippen LogP contribution in [0.25, 0.3) is 11.1 Å².